The molecule has 0 amide bonds. The molecule has 1 rings (SSSR count). The van der Waals surface area contributed by atoms with Crippen LogP contribution in [0.3, 0.4) is 0 Å². The third-order valence-corrected chi connectivity index (χ3v) is 2.31. The van der Waals surface area contributed by atoms with E-state index in [1.54, 1.807) is 6.20 Å². The Labute approximate surface area is 78.8 Å². The summed E-state index contributed by atoms with van der Waals surface area (Å²) in [4.78, 5) is 10.4. The lowest BCUT2D eigenvalue weighted by molar-refractivity contribution is -0.106. The molecule has 0 saturated heterocycles. The minimum Gasteiger partial charge on any atom is -0.388 e. The van der Waals surface area contributed by atoms with Gasteiger partial charge in [0.15, 0.2) is 0 Å². The quantitative estimate of drug-likeness (QED) is 0.519. The van der Waals surface area contributed by atoms with Crippen LogP contribution in [0.4, 0.5) is 0 Å². The fourth-order valence-corrected chi connectivity index (χ4v) is 1.60. The zero-order valence-electron chi connectivity index (χ0n) is 7.12. The van der Waals surface area contributed by atoms with E-state index >= 15 is 0 Å². The average Bonchev–Trinajstić information content (AvgIpc) is 2.05. The van der Waals surface area contributed by atoms with Crippen molar-refractivity contribution in [1.82, 2.24) is 5.32 Å². The molecule has 0 radical (unpaired) electrons. The third kappa shape index (κ3) is 3.81. The zero-order valence-corrected chi connectivity index (χ0v) is 8.02. The van der Waals surface area contributed by atoms with Gasteiger partial charge in [0, 0.05) is 18.3 Å². The van der Waals surface area contributed by atoms with Gasteiger partial charge in [-0.3, -0.25) is 4.79 Å². The summed E-state index contributed by atoms with van der Waals surface area (Å²) in [5.41, 5.74) is 0. The van der Waals surface area contributed by atoms with Gasteiger partial charge in [-0.05, 0) is 12.8 Å². The number of carbonyl (C=O) groups excluding carboxylic acids is 1. The maximum Gasteiger partial charge on any atom is 0.210 e. The number of thiol groups is 1. The van der Waals surface area contributed by atoms with Gasteiger partial charge in [0.2, 0.25) is 5.12 Å². The Balaban J connectivity index is 2.17. The summed E-state index contributed by atoms with van der Waals surface area (Å²) in [5.74, 6) is 0. The molecule has 1 aliphatic carbocycles. The van der Waals surface area contributed by atoms with Crippen LogP contribution in [-0.2, 0) is 4.79 Å². The van der Waals surface area contributed by atoms with Crippen LogP contribution in [0.2, 0.25) is 0 Å². The largest absolute Gasteiger partial charge is 0.388 e. The third-order valence-electron chi connectivity index (χ3n) is 2.16. The molecular weight excluding hydrogens is 170 g/mol. The molecule has 3 heteroatoms. The minimum atomic E-state index is -0.196. The maximum atomic E-state index is 10.4. The molecule has 0 bridgehead atoms. The standard InChI is InChI=1S/C9H15NOS/c11-9(12)6-7-10-8-4-2-1-3-5-8/h6-8,10H,1-5H2,(H,11,12)/b7-6+. The molecule has 68 valence electrons. The van der Waals surface area contributed by atoms with Gasteiger partial charge in [0.1, 0.15) is 0 Å². The first-order chi connectivity index (χ1) is 5.79. The molecule has 0 aromatic rings. The highest BCUT2D eigenvalue weighted by Gasteiger charge is 2.10. The van der Waals surface area contributed by atoms with E-state index in [-0.39, 0.29) is 5.12 Å². The molecule has 0 heterocycles. The average molecular weight is 185 g/mol. The van der Waals surface area contributed by atoms with E-state index in [1.807, 2.05) is 0 Å². The molecule has 12 heavy (non-hydrogen) atoms. The summed E-state index contributed by atoms with van der Waals surface area (Å²) in [6.07, 6.45) is 9.59. The Bertz CT molecular complexity index is 173. The Morgan fingerprint density at radius 1 is 1.33 bits per heavy atom. The van der Waals surface area contributed by atoms with E-state index in [0.717, 1.165) is 0 Å². The summed E-state index contributed by atoms with van der Waals surface area (Å²) in [7, 11) is 0. The fourth-order valence-electron chi connectivity index (χ4n) is 1.52. The molecule has 1 N–H and O–H groups in total. The van der Waals surface area contributed by atoms with E-state index in [4.69, 9.17) is 0 Å². The Kier molecular flexibility index (Phi) is 4.22. The van der Waals surface area contributed by atoms with Crippen LogP contribution in [0.1, 0.15) is 32.1 Å². The maximum absolute atomic E-state index is 10.4. The molecule has 0 aliphatic heterocycles. The lowest BCUT2D eigenvalue weighted by Crippen LogP contribution is -2.26. The van der Waals surface area contributed by atoms with Gasteiger partial charge in [-0.25, -0.2) is 0 Å². The molecule has 1 aliphatic rings. The predicted octanol–water partition coefficient (Wildman–Crippen LogP) is 1.88. The minimum absolute atomic E-state index is 0.196. The molecule has 2 nitrogen and oxygen atoms in total. The summed E-state index contributed by atoms with van der Waals surface area (Å²) < 4.78 is 0. The second-order valence-corrected chi connectivity index (χ2v) is 3.61. The summed E-state index contributed by atoms with van der Waals surface area (Å²) >= 11 is 3.63. The monoisotopic (exact) mass is 185 g/mol. The topological polar surface area (TPSA) is 29.1 Å². The van der Waals surface area contributed by atoms with Gasteiger partial charge in [0.05, 0.1) is 0 Å². The number of carbonyl (C=O) groups is 1. The van der Waals surface area contributed by atoms with Crippen LogP contribution in [0.25, 0.3) is 0 Å². The lowest BCUT2D eigenvalue weighted by atomic mass is 9.96. The molecule has 0 atom stereocenters. The Morgan fingerprint density at radius 3 is 2.58 bits per heavy atom. The highest BCUT2D eigenvalue weighted by molar-refractivity contribution is 7.97. The van der Waals surface area contributed by atoms with Crippen molar-refractivity contribution < 1.29 is 4.79 Å². The van der Waals surface area contributed by atoms with Crippen LogP contribution in [0.5, 0.6) is 0 Å². The van der Waals surface area contributed by atoms with Crippen molar-refractivity contribution in [2.75, 3.05) is 0 Å². The fraction of sp³-hybridized carbons (Fsp3) is 0.667. The Hall–Kier alpha value is -0.440. The van der Waals surface area contributed by atoms with E-state index in [9.17, 15) is 4.79 Å². The normalized spacial score (nSPS) is 19.8. The van der Waals surface area contributed by atoms with Crippen molar-refractivity contribution in [3.63, 3.8) is 0 Å². The number of nitrogens with one attached hydrogen (secondary N) is 1. The SMILES string of the molecule is O=C(S)/C=C/NC1CCCCC1. The number of rotatable bonds is 3. The van der Waals surface area contributed by atoms with Crippen LogP contribution in [0, 0.1) is 0 Å². The van der Waals surface area contributed by atoms with Crippen molar-refractivity contribution in [2.45, 2.75) is 38.1 Å². The summed E-state index contributed by atoms with van der Waals surface area (Å²) in [6, 6.07) is 0.572. The first-order valence-electron chi connectivity index (χ1n) is 4.44. The van der Waals surface area contributed by atoms with Crippen LogP contribution >= 0.6 is 12.6 Å². The van der Waals surface area contributed by atoms with E-state index in [0.29, 0.717) is 6.04 Å². The number of hydrogen-bond acceptors (Lipinski definition) is 2. The van der Waals surface area contributed by atoms with Gasteiger partial charge in [0.25, 0.3) is 0 Å². The zero-order chi connectivity index (χ0) is 8.81. The van der Waals surface area contributed by atoms with Gasteiger partial charge in [-0.15, -0.1) is 12.6 Å². The predicted molar refractivity (Wildman–Crippen MR) is 53.1 cm³/mol. The molecule has 0 spiro atoms. The van der Waals surface area contributed by atoms with Crippen LogP contribution < -0.4 is 5.32 Å². The highest BCUT2D eigenvalue weighted by Crippen LogP contribution is 2.17. The van der Waals surface area contributed by atoms with Crippen LogP contribution in [0.15, 0.2) is 12.3 Å². The second-order valence-electron chi connectivity index (χ2n) is 3.17. The van der Waals surface area contributed by atoms with Crippen molar-refractivity contribution in [3.05, 3.63) is 12.3 Å². The number of hydrogen-bond donors (Lipinski definition) is 2. The molecule has 0 aromatic carbocycles. The second kappa shape index (κ2) is 5.25. The summed E-state index contributed by atoms with van der Waals surface area (Å²) in [6.45, 7) is 0. The van der Waals surface area contributed by atoms with Gasteiger partial charge >= 0.3 is 0 Å². The Morgan fingerprint density at radius 2 is 2.00 bits per heavy atom. The van der Waals surface area contributed by atoms with Crippen molar-refractivity contribution in [2.24, 2.45) is 0 Å². The van der Waals surface area contributed by atoms with Crippen LogP contribution in [-0.4, -0.2) is 11.2 Å². The van der Waals surface area contributed by atoms with E-state index in [1.165, 1.54) is 38.2 Å². The van der Waals surface area contributed by atoms with Crippen molar-refractivity contribution >= 4 is 17.7 Å². The molecule has 0 unspecified atom stereocenters. The van der Waals surface area contributed by atoms with Crippen molar-refractivity contribution in [3.8, 4) is 0 Å². The van der Waals surface area contributed by atoms with Crippen molar-refractivity contribution in [1.29, 1.82) is 0 Å². The van der Waals surface area contributed by atoms with Gasteiger partial charge in [-0.1, -0.05) is 19.3 Å². The van der Waals surface area contributed by atoms with Gasteiger partial charge < -0.3 is 5.32 Å². The molecule has 1 fully saturated rings. The van der Waals surface area contributed by atoms with E-state index in [2.05, 4.69) is 17.9 Å². The first kappa shape index (κ1) is 9.65. The van der Waals surface area contributed by atoms with E-state index < -0.39 is 0 Å². The smallest absolute Gasteiger partial charge is 0.210 e. The molecular formula is C9H15NOS. The highest BCUT2D eigenvalue weighted by atomic mass is 32.1. The molecule has 0 aromatic heterocycles. The first-order valence-corrected chi connectivity index (χ1v) is 4.89. The lowest BCUT2D eigenvalue weighted by Gasteiger charge is -2.21. The summed E-state index contributed by atoms with van der Waals surface area (Å²) in [5, 5.41) is 3.01. The molecule has 1 saturated carbocycles. The van der Waals surface area contributed by atoms with Gasteiger partial charge in [-0.2, -0.15) is 0 Å².